The van der Waals surface area contributed by atoms with Crippen LogP contribution in [-0.4, -0.2) is 5.21 Å². The quantitative estimate of drug-likeness (QED) is 0.529. The molecule has 3 nitrogen and oxygen atoms in total. The average Bonchev–Trinajstić information content (AvgIpc) is 2.46. The molecule has 1 aromatic heterocycles. The van der Waals surface area contributed by atoms with Crippen molar-refractivity contribution in [1.82, 2.24) is 0 Å². The van der Waals surface area contributed by atoms with Gasteiger partial charge in [-0.05, 0) is 24.6 Å². The highest BCUT2D eigenvalue weighted by Crippen LogP contribution is 2.23. The normalized spacial score (nSPS) is 11.9. The van der Waals surface area contributed by atoms with Crippen LogP contribution in [0.3, 0.4) is 0 Å². The van der Waals surface area contributed by atoms with E-state index in [1.807, 2.05) is 61.5 Å². The van der Waals surface area contributed by atoms with E-state index in [-0.39, 0.29) is 0 Å². The van der Waals surface area contributed by atoms with E-state index in [0.717, 1.165) is 22.3 Å². The first kappa shape index (κ1) is 11.5. The van der Waals surface area contributed by atoms with Gasteiger partial charge in [0.1, 0.15) is 16.7 Å². The van der Waals surface area contributed by atoms with Crippen LogP contribution in [0, 0.1) is 6.92 Å². The van der Waals surface area contributed by atoms with Crippen LogP contribution < -0.4 is 5.36 Å². The van der Waals surface area contributed by atoms with Crippen molar-refractivity contribution in [2.24, 2.45) is 5.16 Å². The summed E-state index contributed by atoms with van der Waals surface area (Å²) in [6.07, 6.45) is 0. The largest absolute Gasteiger partial charge is 0.461 e. The van der Waals surface area contributed by atoms with Gasteiger partial charge in [-0.1, -0.05) is 47.6 Å². The molecular weight excluding hydrogens is 238 g/mol. The van der Waals surface area contributed by atoms with Crippen molar-refractivity contribution in [2.45, 2.75) is 6.92 Å². The molecule has 94 valence electrons. The Labute approximate surface area is 110 Å². The Bertz CT molecular complexity index is 789. The highest BCUT2D eigenvalue weighted by Gasteiger charge is 2.11. The van der Waals surface area contributed by atoms with Crippen molar-refractivity contribution >= 4 is 11.0 Å². The van der Waals surface area contributed by atoms with E-state index in [2.05, 4.69) is 5.16 Å². The average molecular weight is 251 g/mol. The molecule has 0 aliphatic carbocycles. The molecule has 3 heteroatoms. The van der Waals surface area contributed by atoms with Gasteiger partial charge in [0.25, 0.3) is 0 Å². The molecule has 0 aliphatic heterocycles. The molecule has 0 unspecified atom stereocenters. The lowest BCUT2D eigenvalue weighted by Crippen LogP contribution is -2.09. The molecule has 0 atom stereocenters. The summed E-state index contributed by atoms with van der Waals surface area (Å²) in [5.41, 5.74) is 2.51. The number of benzene rings is 2. The lowest BCUT2D eigenvalue weighted by Gasteiger charge is -2.08. The molecule has 0 bridgehead atoms. The van der Waals surface area contributed by atoms with E-state index < -0.39 is 0 Å². The molecule has 19 heavy (non-hydrogen) atoms. The standard InChI is InChI=1S/C16H13NO2/c1-11-15(12-7-3-2-4-8-12)16(17-18)13-9-5-6-10-14(13)19-11/h2-10,18H,1H3. The third-order valence-corrected chi connectivity index (χ3v) is 3.16. The number of nitrogens with zero attached hydrogens (tertiary/aromatic N) is 1. The van der Waals surface area contributed by atoms with Crippen LogP contribution in [0.25, 0.3) is 22.1 Å². The predicted octanol–water partition coefficient (Wildman–Crippen LogP) is 3.70. The Balaban J connectivity index is 2.46. The fraction of sp³-hybridized carbons (Fsp3) is 0.0625. The second kappa shape index (κ2) is 4.61. The Morgan fingerprint density at radius 3 is 2.37 bits per heavy atom. The first-order chi connectivity index (χ1) is 9.31. The molecule has 0 fully saturated rings. The third-order valence-electron chi connectivity index (χ3n) is 3.16. The molecule has 0 saturated carbocycles. The monoisotopic (exact) mass is 251 g/mol. The van der Waals surface area contributed by atoms with Gasteiger partial charge in [-0.25, -0.2) is 0 Å². The lowest BCUT2D eigenvalue weighted by atomic mass is 10.0. The van der Waals surface area contributed by atoms with Crippen LogP contribution in [0.2, 0.25) is 0 Å². The van der Waals surface area contributed by atoms with Gasteiger partial charge < -0.3 is 9.62 Å². The topological polar surface area (TPSA) is 45.7 Å². The zero-order chi connectivity index (χ0) is 13.2. The van der Waals surface area contributed by atoms with Gasteiger partial charge in [0.05, 0.1) is 0 Å². The van der Waals surface area contributed by atoms with Crippen molar-refractivity contribution in [3.05, 3.63) is 65.7 Å². The summed E-state index contributed by atoms with van der Waals surface area (Å²) in [6.45, 7) is 1.88. The van der Waals surface area contributed by atoms with Crippen LogP contribution in [0.4, 0.5) is 0 Å². The minimum absolute atomic E-state index is 0.547. The summed E-state index contributed by atoms with van der Waals surface area (Å²) in [4.78, 5) is 0. The third kappa shape index (κ3) is 1.89. The zero-order valence-electron chi connectivity index (χ0n) is 10.5. The second-order valence-electron chi connectivity index (χ2n) is 4.34. The highest BCUT2D eigenvalue weighted by atomic mass is 16.4. The first-order valence-corrected chi connectivity index (χ1v) is 6.07. The van der Waals surface area contributed by atoms with Gasteiger partial charge in [0, 0.05) is 10.9 Å². The van der Waals surface area contributed by atoms with Gasteiger partial charge in [-0.15, -0.1) is 0 Å². The van der Waals surface area contributed by atoms with Crippen molar-refractivity contribution in [2.75, 3.05) is 0 Å². The highest BCUT2D eigenvalue weighted by molar-refractivity contribution is 5.82. The first-order valence-electron chi connectivity index (χ1n) is 6.07. The molecule has 0 radical (unpaired) electrons. The second-order valence-corrected chi connectivity index (χ2v) is 4.34. The SMILES string of the molecule is Cc1oc2ccccc2c(=NO)c1-c1ccccc1. The summed E-state index contributed by atoms with van der Waals surface area (Å²) in [5, 5.41) is 14.2. The number of aryl methyl sites for hydroxylation is 1. The van der Waals surface area contributed by atoms with Crippen LogP contribution in [0.1, 0.15) is 5.76 Å². The maximum absolute atomic E-state index is 9.39. The minimum atomic E-state index is 0.547. The molecule has 3 rings (SSSR count). The molecule has 2 aromatic carbocycles. The molecule has 3 aromatic rings. The molecule has 0 saturated heterocycles. The zero-order valence-corrected chi connectivity index (χ0v) is 10.5. The van der Waals surface area contributed by atoms with Crippen molar-refractivity contribution in [3.8, 4) is 11.1 Å². The summed E-state index contributed by atoms with van der Waals surface area (Å²) in [7, 11) is 0. The van der Waals surface area contributed by atoms with Crippen LogP contribution in [0.15, 0.2) is 64.2 Å². The fourth-order valence-corrected chi connectivity index (χ4v) is 2.32. The smallest absolute Gasteiger partial charge is 0.136 e. The molecule has 0 aliphatic rings. The minimum Gasteiger partial charge on any atom is -0.461 e. The Morgan fingerprint density at radius 1 is 0.947 bits per heavy atom. The van der Waals surface area contributed by atoms with E-state index in [1.54, 1.807) is 0 Å². The predicted molar refractivity (Wildman–Crippen MR) is 73.7 cm³/mol. The summed E-state index contributed by atoms with van der Waals surface area (Å²) < 4.78 is 5.82. The maximum atomic E-state index is 9.39. The van der Waals surface area contributed by atoms with Crippen LogP contribution in [-0.2, 0) is 0 Å². The number of hydrogen-bond acceptors (Lipinski definition) is 3. The van der Waals surface area contributed by atoms with Gasteiger partial charge in [0.15, 0.2) is 0 Å². The van der Waals surface area contributed by atoms with Gasteiger partial charge >= 0.3 is 0 Å². The number of hydrogen-bond donors (Lipinski definition) is 1. The number of fused-ring (bicyclic) bond motifs is 1. The van der Waals surface area contributed by atoms with Gasteiger partial charge in [0.2, 0.25) is 0 Å². The number of rotatable bonds is 1. The Morgan fingerprint density at radius 2 is 1.63 bits per heavy atom. The summed E-state index contributed by atoms with van der Waals surface area (Å²) in [6, 6.07) is 17.3. The fourth-order valence-electron chi connectivity index (χ4n) is 2.32. The Kier molecular flexibility index (Phi) is 2.80. The van der Waals surface area contributed by atoms with E-state index in [1.165, 1.54) is 0 Å². The molecule has 0 amide bonds. The Hall–Kier alpha value is -2.55. The molecule has 0 spiro atoms. The van der Waals surface area contributed by atoms with E-state index >= 15 is 0 Å². The van der Waals surface area contributed by atoms with Gasteiger partial charge in [-0.3, -0.25) is 0 Å². The van der Waals surface area contributed by atoms with E-state index in [0.29, 0.717) is 10.9 Å². The van der Waals surface area contributed by atoms with Crippen molar-refractivity contribution in [1.29, 1.82) is 0 Å². The summed E-state index contributed by atoms with van der Waals surface area (Å²) >= 11 is 0. The molecular formula is C16H13NO2. The lowest BCUT2D eigenvalue weighted by molar-refractivity contribution is 0.302. The van der Waals surface area contributed by atoms with E-state index in [4.69, 9.17) is 4.42 Å². The van der Waals surface area contributed by atoms with Crippen LogP contribution >= 0.6 is 0 Å². The van der Waals surface area contributed by atoms with Crippen LogP contribution in [0.5, 0.6) is 0 Å². The maximum Gasteiger partial charge on any atom is 0.136 e. The van der Waals surface area contributed by atoms with Crippen molar-refractivity contribution < 1.29 is 9.62 Å². The van der Waals surface area contributed by atoms with E-state index in [9.17, 15) is 5.21 Å². The summed E-state index contributed by atoms with van der Waals surface area (Å²) in [5.74, 6) is 0.734. The van der Waals surface area contributed by atoms with Crippen molar-refractivity contribution in [3.63, 3.8) is 0 Å². The van der Waals surface area contributed by atoms with Gasteiger partial charge in [-0.2, -0.15) is 0 Å². The molecule has 1 N–H and O–H groups in total. The number of para-hydroxylation sites is 1. The molecule has 1 heterocycles.